The minimum atomic E-state index is -4.96. The largest absolute Gasteiger partial charge is 0.417 e. The summed E-state index contributed by atoms with van der Waals surface area (Å²) in [6.45, 7) is 2.88. The summed E-state index contributed by atoms with van der Waals surface area (Å²) in [6, 6.07) is 1.02. The van der Waals surface area contributed by atoms with Crippen molar-refractivity contribution in [3.8, 4) is 0 Å². The van der Waals surface area contributed by atoms with Crippen LogP contribution >= 0.6 is 0 Å². The van der Waals surface area contributed by atoms with Gasteiger partial charge in [0.15, 0.2) is 0 Å². The van der Waals surface area contributed by atoms with Crippen molar-refractivity contribution in [3.63, 3.8) is 0 Å². The lowest BCUT2D eigenvalue weighted by Crippen LogP contribution is -2.50. The van der Waals surface area contributed by atoms with Gasteiger partial charge in [-0.3, -0.25) is 0 Å². The summed E-state index contributed by atoms with van der Waals surface area (Å²) in [6.07, 6.45) is -4.24. The third kappa shape index (κ3) is 3.76. The average Bonchev–Trinajstić information content (AvgIpc) is 2.40. The van der Waals surface area contributed by atoms with Crippen molar-refractivity contribution in [2.24, 2.45) is 5.92 Å². The number of hydrogen-bond acceptors (Lipinski definition) is 3. The van der Waals surface area contributed by atoms with Crippen molar-refractivity contribution < 1.29 is 26.0 Å². The Hall–Kier alpha value is -1.19. The van der Waals surface area contributed by atoms with E-state index >= 15 is 0 Å². The molecule has 1 fully saturated rings. The standard InChI is InChI=1S/C13H16F4N2O2S/c1-8-4-5-18-7-11(8)19-22(20,21)12-3-2-9(14)6-10(12)13(15,16)17/h2-3,6,8,11,18-19H,4-5,7H2,1H3. The number of benzene rings is 1. The fourth-order valence-corrected chi connectivity index (χ4v) is 3.92. The van der Waals surface area contributed by atoms with Crippen molar-refractivity contribution in [3.05, 3.63) is 29.6 Å². The monoisotopic (exact) mass is 340 g/mol. The number of alkyl halides is 3. The Kier molecular flexibility index (Phi) is 4.78. The maximum atomic E-state index is 13.1. The molecule has 2 N–H and O–H groups in total. The Bertz CT molecular complexity index is 646. The minimum Gasteiger partial charge on any atom is -0.315 e. The molecule has 22 heavy (non-hydrogen) atoms. The van der Waals surface area contributed by atoms with E-state index in [1.54, 1.807) is 0 Å². The lowest BCUT2D eigenvalue weighted by Gasteiger charge is -2.30. The van der Waals surface area contributed by atoms with Crippen LogP contribution in [0.1, 0.15) is 18.9 Å². The smallest absolute Gasteiger partial charge is 0.315 e. The number of halogens is 4. The summed E-state index contributed by atoms with van der Waals surface area (Å²) in [5.74, 6) is -1.15. The molecule has 1 aliphatic heterocycles. The van der Waals surface area contributed by atoms with Crippen LogP contribution in [0.15, 0.2) is 23.1 Å². The molecular formula is C13H16F4N2O2S. The first-order chi connectivity index (χ1) is 10.1. The molecule has 124 valence electrons. The van der Waals surface area contributed by atoms with Crippen molar-refractivity contribution in [2.45, 2.75) is 30.5 Å². The van der Waals surface area contributed by atoms with E-state index < -0.39 is 38.5 Å². The molecule has 0 radical (unpaired) electrons. The van der Waals surface area contributed by atoms with E-state index in [0.29, 0.717) is 25.1 Å². The summed E-state index contributed by atoms with van der Waals surface area (Å²) >= 11 is 0. The summed E-state index contributed by atoms with van der Waals surface area (Å²) in [4.78, 5) is -0.959. The van der Waals surface area contributed by atoms with Gasteiger partial charge in [0.2, 0.25) is 10.0 Å². The van der Waals surface area contributed by atoms with Crippen molar-refractivity contribution >= 4 is 10.0 Å². The Labute approximate surface area is 126 Å². The Morgan fingerprint density at radius 2 is 2.00 bits per heavy atom. The normalized spacial score (nSPS) is 23.5. The third-order valence-corrected chi connectivity index (χ3v) is 5.22. The third-order valence-electron chi connectivity index (χ3n) is 3.67. The van der Waals surface area contributed by atoms with Gasteiger partial charge >= 0.3 is 6.18 Å². The molecule has 9 heteroatoms. The van der Waals surface area contributed by atoms with Gasteiger partial charge in [0.25, 0.3) is 0 Å². The highest BCUT2D eigenvalue weighted by atomic mass is 32.2. The van der Waals surface area contributed by atoms with Crippen molar-refractivity contribution in [1.82, 2.24) is 10.0 Å². The minimum absolute atomic E-state index is 0.00851. The van der Waals surface area contributed by atoms with Crippen molar-refractivity contribution in [2.75, 3.05) is 13.1 Å². The zero-order valence-electron chi connectivity index (χ0n) is 11.7. The second kappa shape index (κ2) is 6.13. The van der Waals surface area contributed by atoms with E-state index in [2.05, 4.69) is 10.0 Å². The number of piperidine rings is 1. The fourth-order valence-electron chi connectivity index (χ4n) is 2.37. The number of hydrogen-bond donors (Lipinski definition) is 2. The van der Waals surface area contributed by atoms with Crippen LogP contribution in [-0.2, 0) is 16.2 Å². The molecule has 0 spiro atoms. The first-order valence-corrected chi connectivity index (χ1v) is 8.19. The van der Waals surface area contributed by atoms with E-state index in [0.717, 1.165) is 6.54 Å². The topological polar surface area (TPSA) is 58.2 Å². The first kappa shape index (κ1) is 17.2. The SMILES string of the molecule is CC1CCNCC1NS(=O)(=O)c1ccc(F)cc1C(F)(F)F. The van der Waals surface area contributed by atoms with Gasteiger partial charge < -0.3 is 5.32 Å². The molecule has 1 aromatic carbocycles. The van der Waals surface area contributed by atoms with Gasteiger partial charge in [-0.2, -0.15) is 13.2 Å². The summed E-state index contributed by atoms with van der Waals surface area (Å²) in [7, 11) is -4.40. The predicted molar refractivity (Wildman–Crippen MR) is 72.2 cm³/mol. The van der Waals surface area contributed by atoms with Crippen LogP contribution in [0.25, 0.3) is 0 Å². The highest BCUT2D eigenvalue weighted by molar-refractivity contribution is 7.89. The lowest BCUT2D eigenvalue weighted by atomic mass is 9.96. The van der Waals surface area contributed by atoms with Crippen LogP contribution in [0.2, 0.25) is 0 Å². The predicted octanol–water partition coefficient (Wildman–Crippen LogP) is 2.12. The number of sulfonamides is 1. The van der Waals surface area contributed by atoms with Crippen LogP contribution in [0.4, 0.5) is 17.6 Å². The molecule has 1 heterocycles. The second-order valence-electron chi connectivity index (χ2n) is 5.34. The van der Waals surface area contributed by atoms with E-state index in [1.165, 1.54) is 0 Å². The Balaban J connectivity index is 2.37. The molecule has 0 aromatic heterocycles. The molecule has 2 rings (SSSR count). The molecule has 1 saturated heterocycles. The van der Waals surface area contributed by atoms with Gasteiger partial charge in [0.05, 0.1) is 10.5 Å². The van der Waals surface area contributed by atoms with Gasteiger partial charge in [-0.25, -0.2) is 17.5 Å². The molecule has 1 aliphatic rings. The molecule has 0 saturated carbocycles. The fraction of sp³-hybridized carbons (Fsp3) is 0.538. The van der Waals surface area contributed by atoms with E-state index in [-0.39, 0.29) is 12.0 Å². The van der Waals surface area contributed by atoms with E-state index in [4.69, 9.17) is 0 Å². The summed E-state index contributed by atoms with van der Waals surface area (Å²) < 4.78 is 78.7. The zero-order chi connectivity index (χ0) is 16.5. The lowest BCUT2D eigenvalue weighted by molar-refractivity contribution is -0.140. The molecule has 2 unspecified atom stereocenters. The zero-order valence-corrected chi connectivity index (χ0v) is 12.6. The van der Waals surface area contributed by atoms with Crippen LogP contribution in [0.3, 0.4) is 0 Å². The number of nitrogens with one attached hydrogen (secondary N) is 2. The maximum absolute atomic E-state index is 13.1. The van der Waals surface area contributed by atoms with Gasteiger partial charge in [0, 0.05) is 12.6 Å². The molecule has 4 nitrogen and oxygen atoms in total. The quantitative estimate of drug-likeness (QED) is 0.829. The molecule has 0 amide bonds. The van der Waals surface area contributed by atoms with E-state index in [9.17, 15) is 26.0 Å². The highest BCUT2D eigenvalue weighted by Crippen LogP contribution is 2.34. The van der Waals surface area contributed by atoms with Crippen LogP contribution in [-0.4, -0.2) is 27.5 Å². The molecule has 2 atom stereocenters. The van der Waals surface area contributed by atoms with Crippen LogP contribution in [0.5, 0.6) is 0 Å². The maximum Gasteiger partial charge on any atom is 0.417 e. The summed E-state index contributed by atoms with van der Waals surface area (Å²) in [5.41, 5.74) is -1.50. The molecular weight excluding hydrogens is 324 g/mol. The first-order valence-electron chi connectivity index (χ1n) is 6.71. The van der Waals surface area contributed by atoms with Crippen LogP contribution in [0, 0.1) is 11.7 Å². The Morgan fingerprint density at radius 1 is 1.32 bits per heavy atom. The highest BCUT2D eigenvalue weighted by Gasteiger charge is 2.38. The van der Waals surface area contributed by atoms with Gasteiger partial charge in [0.1, 0.15) is 5.82 Å². The molecule has 0 bridgehead atoms. The van der Waals surface area contributed by atoms with Crippen molar-refractivity contribution in [1.29, 1.82) is 0 Å². The summed E-state index contributed by atoms with van der Waals surface area (Å²) in [5, 5.41) is 2.98. The molecule has 1 aromatic rings. The average molecular weight is 340 g/mol. The Morgan fingerprint density at radius 3 is 2.59 bits per heavy atom. The van der Waals surface area contributed by atoms with Gasteiger partial charge in [-0.05, 0) is 37.1 Å². The second-order valence-corrected chi connectivity index (χ2v) is 7.02. The number of rotatable bonds is 3. The van der Waals surface area contributed by atoms with Gasteiger partial charge in [-0.15, -0.1) is 0 Å². The van der Waals surface area contributed by atoms with Gasteiger partial charge in [-0.1, -0.05) is 6.92 Å². The molecule has 0 aliphatic carbocycles. The van der Waals surface area contributed by atoms with Crippen LogP contribution < -0.4 is 10.0 Å². The van der Waals surface area contributed by atoms with E-state index in [1.807, 2.05) is 6.92 Å².